The molecule has 0 unspecified atom stereocenters. The molecule has 2 aliphatic heterocycles. The largest absolute Gasteiger partial charge is 0.444 e. The van der Waals surface area contributed by atoms with Gasteiger partial charge in [-0.3, -0.25) is 10.3 Å². The Hall–Kier alpha value is -3.95. The number of pyridine rings is 1. The first kappa shape index (κ1) is 26.3. The fourth-order valence-electron chi connectivity index (χ4n) is 5.27. The Morgan fingerprint density at radius 1 is 1.25 bits per heavy atom. The molecule has 1 N–H and O–H groups in total. The number of nitrogens with one attached hydrogen (secondary N) is 1. The molecule has 0 saturated carbocycles. The number of benzene rings is 1. The van der Waals surface area contributed by atoms with Gasteiger partial charge in [0.2, 0.25) is 5.95 Å². The van der Waals surface area contributed by atoms with Crippen molar-refractivity contribution in [2.24, 2.45) is 5.92 Å². The molecule has 40 heavy (non-hydrogen) atoms. The molecule has 206 valence electrons. The van der Waals surface area contributed by atoms with E-state index in [2.05, 4.69) is 27.2 Å². The van der Waals surface area contributed by atoms with Crippen LogP contribution in [0.4, 0.5) is 24.5 Å². The molecule has 1 atom stereocenters. The summed E-state index contributed by atoms with van der Waals surface area (Å²) in [6.07, 6.45) is 2.83. The molecule has 1 amide bonds. The van der Waals surface area contributed by atoms with Gasteiger partial charge in [0.15, 0.2) is 11.6 Å². The summed E-state index contributed by atoms with van der Waals surface area (Å²) in [6.45, 7) is 9.16. The van der Waals surface area contributed by atoms with Crippen molar-refractivity contribution in [3.63, 3.8) is 0 Å². The number of rotatable bonds is 3. The van der Waals surface area contributed by atoms with Crippen LogP contribution in [0.25, 0.3) is 32.2 Å². The van der Waals surface area contributed by atoms with Crippen LogP contribution in [0.1, 0.15) is 50.8 Å². The van der Waals surface area contributed by atoms with Gasteiger partial charge in [0, 0.05) is 35.6 Å². The van der Waals surface area contributed by atoms with Gasteiger partial charge < -0.3 is 14.4 Å². The van der Waals surface area contributed by atoms with Gasteiger partial charge in [-0.25, -0.2) is 23.5 Å². The first-order valence-electron chi connectivity index (χ1n) is 12.9. The number of carbonyl (C=O) groups is 1. The highest BCUT2D eigenvalue weighted by atomic mass is 32.1. The molecule has 1 fully saturated rings. The van der Waals surface area contributed by atoms with Crippen LogP contribution in [0.15, 0.2) is 12.4 Å². The molecule has 12 heteroatoms. The van der Waals surface area contributed by atoms with E-state index in [0.29, 0.717) is 22.8 Å². The summed E-state index contributed by atoms with van der Waals surface area (Å²) in [7, 11) is 0. The minimum Gasteiger partial charge on any atom is -0.444 e. The van der Waals surface area contributed by atoms with Gasteiger partial charge in [0.1, 0.15) is 22.2 Å². The van der Waals surface area contributed by atoms with E-state index in [4.69, 9.17) is 9.47 Å². The Morgan fingerprint density at radius 2 is 2.02 bits per heavy atom. The van der Waals surface area contributed by atoms with Crippen LogP contribution in [0.2, 0.25) is 0 Å². The molecule has 0 aliphatic carbocycles. The molecule has 4 aromatic rings. The molecule has 0 bridgehead atoms. The lowest BCUT2D eigenvalue weighted by atomic mass is 9.94. The monoisotopic (exact) mass is 564 g/mol. The fourth-order valence-corrected chi connectivity index (χ4v) is 6.31. The lowest BCUT2D eigenvalue weighted by molar-refractivity contribution is 0.0636. The predicted octanol–water partition coefficient (Wildman–Crippen LogP) is 6.28. The number of aromatic nitrogens is 3. The Bertz CT molecular complexity index is 1740. The molecule has 3 aromatic heterocycles. The number of halogens is 2. The summed E-state index contributed by atoms with van der Waals surface area (Å²) < 4.78 is 42.7. The Balaban J connectivity index is 1.56. The maximum atomic E-state index is 16.6. The number of nitriles is 1. The molecule has 0 spiro atoms. The van der Waals surface area contributed by atoms with E-state index in [0.717, 1.165) is 42.6 Å². The van der Waals surface area contributed by atoms with Gasteiger partial charge in [-0.1, -0.05) is 6.92 Å². The first-order valence-corrected chi connectivity index (χ1v) is 13.7. The van der Waals surface area contributed by atoms with E-state index < -0.39 is 23.3 Å². The summed E-state index contributed by atoms with van der Waals surface area (Å²) in [5, 5.41) is 13.4. The normalized spacial score (nSPS) is 16.9. The summed E-state index contributed by atoms with van der Waals surface area (Å²) >= 11 is 0.865. The third-order valence-electron chi connectivity index (χ3n) is 7.03. The molecular weight excluding hydrogens is 538 g/mol. The van der Waals surface area contributed by atoms with Gasteiger partial charge in [-0.2, -0.15) is 5.26 Å². The van der Waals surface area contributed by atoms with Crippen molar-refractivity contribution in [2.45, 2.75) is 52.9 Å². The maximum absolute atomic E-state index is 16.6. The van der Waals surface area contributed by atoms with Crippen LogP contribution in [0, 0.1) is 28.9 Å². The number of hydrogen-bond donors (Lipinski definition) is 1. The molecule has 0 radical (unpaired) electrons. The number of ether oxygens (including phenoxy) is 2. The van der Waals surface area contributed by atoms with E-state index in [1.165, 1.54) is 0 Å². The standard InChI is InChI=1S/C28H26F2N6O3S/c1-13-5-6-36(10-13)26-33-8-15-16-11-38-12-17(16)19(21(30)22(15)34-26)23-20-14(7-31)25(35-27(37)39-28(2,3)4)40-24(20)18(29)9-32-23/h8-9,13H,5-6,10-12H2,1-4H3,(H,35,37)/t13-/m0/s1. The third-order valence-corrected chi connectivity index (χ3v) is 8.14. The molecule has 1 aromatic carbocycles. The number of hydrogen-bond acceptors (Lipinski definition) is 9. The Labute approximate surface area is 232 Å². The van der Waals surface area contributed by atoms with Gasteiger partial charge >= 0.3 is 6.09 Å². The van der Waals surface area contributed by atoms with Crippen molar-refractivity contribution in [1.29, 1.82) is 5.26 Å². The lowest BCUT2D eigenvalue weighted by Crippen LogP contribution is -2.27. The zero-order valence-electron chi connectivity index (χ0n) is 22.4. The van der Waals surface area contributed by atoms with E-state index in [1.54, 1.807) is 27.0 Å². The summed E-state index contributed by atoms with van der Waals surface area (Å²) in [6, 6.07) is 2.05. The minimum absolute atomic E-state index is 0.0329. The average Bonchev–Trinajstić information content (AvgIpc) is 3.63. The van der Waals surface area contributed by atoms with Gasteiger partial charge in [0.25, 0.3) is 0 Å². The van der Waals surface area contributed by atoms with E-state index in [1.807, 2.05) is 11.0 Å². The van der Waals surface area contributed by atoms with Crippen LogP contribution in [-0.2, 0) is 22.7 Å². The zero-order valence-corrected chi connectivity index (χ0v) is 23.2. The van der Waals surface area contributed by atoms with Crippen molar-refractivity contribution < 1.29 is 23.0 Å². The molecule has 9 nitrogen and oxygen atoms in total. The smallest absolute Gasteiger partial charge is 0.412 e. The molecule has 5 heterocycles. The lowest BCUT2D eigenvalue weighted by Gasteiger charge is -2.19. The highest BCUT2D eigenvalue weighted by molar-refractivity contribution is 7.23. The van der Waals surface area contributed by atoms with E-state index in [-0.39, 0.29) is 50.6 Å². The third kappa shape index (κ3) is 4.39. The summed E-state index contributed by atoms with van der Waals surface area (Å²) in [5.41, 5.74) is 0.758. The topological polar surface area (TPSA) is 113 Å². The van der Waals surface area contributed by atoms with Crippen LogP contribution >= 0.6 is 11.3 Å². The van der Waals surface area contributed by atoms with Gasteiger partial charge in [0.05, 0.1) is 35.4 Å². The number of thiophene rings is 1. The van der Waals surface area contributed by atoms with Crippen LogP contribution in [0.5, 0.6) is 0 Å². The second-order valence-electron chi connectivity index (χ2n) is 11.1. The van der Waals surface area contributed by atoms with E-state index in [9.17, 15) is 10.1 Å². The molecule has 2 aliphatic rings. The van der Waals surface area contributed by atoms with Gasteiger partial charge in [-0.15, -0.1) is 11.3 Å². The maximum Gasteiger partial charge on any atom is 0.412 e. The van der Waals surface area contributed by atoms with Crippen molar-refractivity contribution in [3.8, 4) is 17.3 Å². The number of nitrogens with zero attached hydrogens (tertiary/aromatic N) is 5. The molecule has 1 saturated heterocycles. The quantitative estimate of drug-likeness (QED) is 0.309. The molecule has 6 rings (SSSR count). The zero-order chi connectivity index (χ0) is 28.3. The van der Waals surface area contributed by atoms with E-state index >= 15 is 8.78 Å². The Morgan fingerprint density at radius 3 is 2.73 bits per heavy atom. The summed E-state index contributed by atoms with van der Waals surface area (Å²) in [4.78, 5) is 27.9. The highest BCUT2D eigenvalue weighted by Crippen LogP contribution is 2.46. The van der Waals surface area contributed by atoms with Crippen LogP contribution < -0.4 is 10.2 Å². The van der Waals surface area contributed by atoms with Crippen LogP contribution in [0.3, 0.4) is 0 Å². The fraction of sp³-hybridized carbons (Fsp3) is 0.393. The number of fused-ring (bicyclic) bond motifs is 4. The number of anilines is 2. The first-order chi connectivity index (χ1) is 19.1. The van der Waals surface area contributed by atoms with Crippen molar-refractivity contribution in [3.05, 3.63) is 40.7 Å². The second-order valence-corrected chi connectivity index (χ2v) is 12.1. The number of carbonyl (C=O) groups excluding carboxylic acids is 1. The SMILES string of the molecule is C[C@H]1CCN(c2ncc3c4c(c(-c5ncc(F)c6sc(NC(=O)OC(C)(C)C)c(C#N)c56)c(F)c3n2)COC4)C1. The van der Waals surface area contributed by atoms with Crippen molar-refractivity contribution in [2.75, 3.05) is 23.3 Å². The van der Waals surface area contributed by atoms with Crippen molar-refractivity contribution >= 4 is 49.4 Å². The molecular formula is C28H26F2N6O3S. The Kier molecular flexibility index (Phi) is 6.31. The summed E-state index contributed by atoms with van der Waals surface area (Å²) in [5.74, 6) is -0.419. The number of amides is 1. The van der Waals surface area contributed by atoms with Crippen LogP contribution in [-0.4, -0.2) is 39.7 Å². The predicted molar refractivity (Wildman–Crippen MR) is 147 cm³/mol. The highest BCUT2D eigenvalue weighted by Gasteiger charge is 2.31. The second kappa shape index (κ2) is 9.60. The van der Waals surface area contributed by atoms with Crippen molar-refractivity contribution in [1.82, 2.24) is 15.0 Å². The van der Waals surface area contributed by atoms with Gasteiger partial charge in [-0.05, 0) is 44.2 Å². The minimum atomic E-state index is -0.794. The average molecular weight is 565 g/mol.